The zero-order valence-electron chi connectivity index (χ0n) is 12.3. The standard InChI is InChI=1S/C18H16N2O2/c1-21-16-10-6-5-9-15(16)13-17-19-18(22-20-17)12-11-14-7-3-2-4-8-14/h2-12H,13H2,1H3. The van der Waals surface area contributed by atoms with E-state index in [0.29, 0.717) is 18.1 Å². The van der Waals surface area contributed by atoms with E-state index >= 15 is 0 Å². The number of para-hydroxylation sites is 1. The minimum absolute atomic E-state index is 0.494. The molecule has 0 saturated carbocycles. The van der Waals surface area contributed by atoms with Crippen LogP contribution in [-0.4, -0.2) is 17.3 Å². The van der Waals surface area contributed by atoms with E-state index < -0.39 is 0 Å². The number of hydrogen-bond donors (Lipinski definition) is 0. The van der Waals surface area contributed by atoms with Crippen molar-refractivity contribution in [2.24, 2.45) is 0 Å². The van der Waals surface area contributed by atoms with E-state index in [-0.39, 0.29) is 0 Å². The highest BCUT2D eigenvalue weighted by molar-refractivity contribution is 5.65. The van der Waals surface area contributed by atoms with E-state index in [9.17, 15) is 0 Å². The third-order valence-electron chi connectivity index (χ3n) is 3.24. The van der Waals surface area contributed by atoms with Gasteiger partial charge in [-0.05, 0) is 17.7 Å². The van der Waals surface area contributed by atoms with Crippen LogP contribution >= 0.6 is 0 Å². The predicted octanol–water partition coefficient (Wildman–Crippen LogP) is 3.84. The topological polar surface area (TPSA) is 48.2 Å². The van der Waals surface area contributed by atoms with Crippen LogP contribution in [0.1, 0.15) is 22.8 Å². The summed E-state index contributed by atoms with van der Waals surface area (Å²) in [5.74, 6) is 1.96. The number of ether oxygens (including phenoxy) is 1. The summed E-state index contributed by atoms with van der Waals surface area (Å²) in [7, 11) is 1.66. The van der Waals surface area contributed by atoms with Gasteiger partial charge in [0.1, 0.15) is 5.75 Å². The maximum atomic E-state index is 5.33. The fraction of sp³-hybridized carbons (Fsp3) is 0.111. The van der Waals surface area contributed by atoms with Crippen molar-refractivity contribution in [1.29, 1.82) is 0 Å². The van der Waals surface area contributed by atoms with Gasteiger partial charge in [0.2, 0.25) is 0 Å². The molecule has 0 atom stereocenters. The Labute approximate surface area is 129 Å². The minimum Gasteiger partial charge on any atom is -0.496 e. The quantitative estimate of drug-likeness (QED) is 0.717. The smallest absolute Gasteiger partial charge is 0.250 e. The molecular weight excluding hydrogens is 276 g/mol. The summed E-state index contributed by atoms with van der Waals surface area (Å²) in [6.45, 7) is 0. The first-order valence-corrected chi connectivity index (χ1v) is 7.03. The fourth-order valence-electron chi connectivity index (χ4n) is 2.16. The summed E-state index contributed by atoms with van der Waals surface area (Å²) in [6, 6.07) is 17.8. The number of methoxy groups -OCH3 is 1. The number of nitrogens with zero attached hydrogens (tertiary/aromatic N) is 2. The number of benzene rings is 2. The van der Waals surface area contributed by atoms with Crippen LogP contribution in [0.4, 0.5) is 0 Å². The monoisotopic (exact) mass is 292 g/mol. The van der Waals surface area contributed by atoms with Crippen molar-refractivity contribution in [2.45, 2.75) is 6.42 Å². The first-order valence-electron chi connectivity index (χ1n) is 7.03. The zero-order chi connectivity index (χ0) is 15.2. The highest BCUT2D eigenvalue weighted by Gasteiger charge is 2.08. The zero-order valence-corrected chi connectivity index (χ0v) is 12.3. The lowest BCUT2D eigenvalue weighted by atomic mass is 10.1. The molecule has 0 N–H and O–H groups in total. The largest absolute Gasteiger partial charge is 0.496 e. The second-order valence-electron chi connectivity index (χ2n) is 4.78. The van der Waals surface area contributed by atoms with Crippen molar-refractivity contribution in [3.05, 3.63) is 77.4 Å². The average molecular weight is 292 g/mol. The summed E-state index contributed by atoms with van der Waals surface area (Å²) >= 11 is 0. The van der Waals surface area contributed by atoms with Gasteiger partial charge in [0.15, 0.2) is 5.82 Å². The molecule has 110 valence electrons. The van der Waals surface area contributed by atoms with Crippen LogP contribution in [-0.2, 0) is 6.42 Å². The average Bonchev–Trinajstić information content (AvgIpc) is 3.02. The lowest BCUT2D eigenvalue weighted by Crippen LogP contribution is -1.95. The molecule has 1 aromatic heterocycles. The maximum absolute atomic E-state index is 5.33. The van der Waals surface area contributed by atoms with E-state index in [1.54, 1.807) is 7.11 Å². The molecule has 2 aromatic carbocycles. The van der Waals surface area contributed by atoms with E-state index in [2.05, 4.69) is 10.1 Å². The highest BCUT2D eigenvalue weighted by Crippen LogP contribution is 2.20. The third-order valence-corrected chi connectivity index (χ3v) is 3.24. The molecule has 0 aliphatic heterocycles. The number of rotatable bonds is 5. The Morgan fingerprint density at radius 2 is 1.77 bits per heavy atom. The van der Waals surface area contributed by atoms with Crippen molar-refractivity contribution in [3.63, 3.8) is 0 Å². The first kappa shape index (κ1) is 14.1. The van der Waals surface area contributed by atoms with Gasteiger partial charge in [-0.25, -0.2) is 0 Å². The first-order chi connectivity index (χ1) is 10.8. The van der Waals surface area contributed by atoms with Crippen LogP contribution in [0.3, 0.4) is 0 Å². The minimum atomic E-state index is 0.494. The van der Waals surface area contributed by atoms with E-state index in [4.69, 9.17) is 9.26 Å². The van der Waals surface area contributed by atoms with Crippen molar-refractivity contribution in [1.82, 2.24) is 10.1 Å². The van der Waals surface area contributed by atoms with Gasteiger partial charge in [0.25, 0.3) is 5.89 Å². The molecule has 3 rings (SSSR count). The molecule has 0 radical (unpaired) electrons. The summed E-state index contributed by atoms with van der Waals surface area (Å²) in [4.78, 5) is 4.38. The lowest BCUT2D eigenvalue weighted by molar-refractivity contribution is 0.401. The van der Waals surface area contributed by atoms with E-state index in [1.807, 2.05) is 66.7 Å². The predicted molar refractivity (Wildman–Crippen MR) is 85.5 cm³/mol. The molecular formula is C18H16N2O2. The van der Waals surface area contributed by atoms with Gasteiger partial charge in [-0.3, -0.25) is 0 Å². The molecule has 0 aliphatic rings. The van der Waals surface area contributed by atoms with Crippen molar-refractivity contribution in [3.8, 4) is 5.75 Å². The van der Waals surface area contributed by atoms with Crippen LogP contribution in [0.15, 0.2) is 59.1 Å². The van der Waals surface area contributed by atoms with Crippen molar-refractivity contribution < 1.29 is 9.26 Å². The maximum Gasteiger partial charge on any atom is 0.250 e. The van der Waals surface area contributed by atoms with Crippen LogP contribution in [0.2, 0.25) is 0 Å². The molecule has 4 nitrogen and oxygen atoms in total. The second-order valence-corrected chi connectivity index (χ2v) is 4.78. The van der Waals surface area contributed by atoms with Gasteiger partial charge < -0.3 is 9.26 Å². The van der Waals surface area contributed by atoms with Crippen molar-refractivity contribution >= 4 is 12.2 Å². The summed E-state index contributed by atoms with van der Waals surface area (Å²) < 4.78 is 10.6. The molecule has 0 unspecified atom stereocenters. The Morgan fingerprint density at radius 3 is 2.59 bits per heavy atom. The molecule has 0 fully saturated rings. The third kappa shape index (κ3) is 3.41. The summed E-state index contributed by atoms with van der Waals surface area (Å²) in [5.41, 5.74) is 2.12. The molecule has 22 heavy (non-hydrogen) atoms. The Balaban J connectivity index is 1.73. The normalized spacial score (nSPS) is 11.0. The van der Waals surface area contributed by atoms with Gasteiger partial charge >= 0.3 is 0 Å². The van der Waals surface area contributed by atoms with E-state index in [1.165, 1.54) is 0 Å². The summed E-state index contributed by atoms with van der Waals surface area (Å²) in [5, 5.41) is 4.01. The molecule has 0 saturated heterocycles. The molecule has 1 heterocycles. The molecule has 4 heteroatoms. The van der Waals surface area contributed by atoms with Gasteiger partial charge in [0.05, 0.1) is 7.11 Å². The van der Waals surface area contributed by atoms with Gasteiger partial charge in [0, 0.05) is 18.1 Å². The number of aromatic nitrogens is 2. The van der Waals surface area contributed by atoms with Gasteiger partial charge in [-0.2, -0.15) is 4.98 Å². The molecule has 0 spiro atoms. The molecule has 0 aliphatic carbocycles. The molecule has 0 amide bonds. The van der Waals surface area contributed by atoms with Gasteiger partial charge in [-0.1, -0.05) is 53.7 Å². The van der Waals surface area contributed by atoms with Gasteiger partial charge in [-0.15, -0.1) is 0 Å². The van der Waals surface area contributed by atoms with Crippen LogP contribution in [0, 0.1) is 0 Å². The Hall–Kier alpha value is -2.88. The Morgan fingerprint density at radius 1 is 1.00 bits per heavy atom. The highest BCUT2D eigenvalue weighted by atomic mass is 16.5. The SMILES string of the molecule is COc1ccccc1Cc1noc(C=Cc2ccccc2)n1. The lowest BCUT2D eigenvalue weighted by Gasteiger charge is -2.04. The van der Waals surface area contributed by atoms with Crippen LogP contribution in [0.25, 0.3) is 12.2 Å². The van der Waals surface area contributed by atoms with Crippen LogP contribution < -0.4 is 4.74 Å². The van der Waals surface area contributed by atoms with Crippen LogP contribution in [0.5, 0.6) is 5.75 Å². The summed E-state index contributed by atoms with van der Waals surface area (Å²) in [6.07, 6.45) is 4.33. The Kier molecular flexibility index (Phi) is 4.30. The van der Waals surface area contributed by atoms with E-state index in [0.717, 1.165) is 16.9 Å². The van der Waals surface area contributed by atoms with Crippen molar-refractivity contribution in [2.75, 3.05) is 7.11 Å². The molecule has 3 aromatic rings. The molecule has 0 bridgehead atoms. The second kappa shape index (κ2) is 6.72. The number of hydrogen-bond acceptors (Lipinski definition) is 4. The Bertz CT molecular complexity index is 764. The fourth-order valence-corrected chi connectivity index (χ4v) is 2.16.